The molecule has 138 valence electrons. The van der Waals surface area contributed by atoms with Crippen LogP contribution in [0.25, 0.3) is 0 Å². The van der Waals surface area contributed by atoms with Gasteiger partial charge < -0.3 is 9.88 Å². The van der Waals surface area contributed by atoms with Crippen molar-refractivity contribution in [2.75, 3.05) is 26.2 Å². The molecular formula is C18H21N3O4S. The summed E-state index contributed by atoms with van der Waals surface area (Å²) in [6.45, 7) is 2.72. The second kappa shape index (κ2) is 7.43. The summed E-state index contributed by atoms with van der Waals surface area (Å²) >= 11 is 0. The molecule has 8 heteroatoms. The molecule has 2 aromatic rings. The van der Waals surface area contributed by atoms with E-state index in [1.165, 1.54) is 15.3 Å². The molecule has 0 radical (unpaired) electrons. The Morgan fingerprint density at radius 3 is 2.31 bits per heavy atom. The summed E-state index contributed by atoms with van der Waals surface area (Å²) < 4.78 is 26.5. The second-order valence-corrected chi connectivity index (χ2v) is 8.29. The van der Waals surface area contributed by atoms with Gasteiger partial charge >= 0.3 is 0 Å². The first-order chi connectivity index (χ1) is 12.4. The fourth-order valence-corrected chi connectivity index (χ4v) is 4.47. The Morgan fingerprint density at radius 2 is 1.69 bits per heavy atom. The lowest BCUT2D eigenvalue weighted by Gasteiger charge is -2.34. The Kier molecular flexibility index (Phi) is 5.24. The van der Waals surface area contributed by atoms with Gasteiger partial charge in [-0.1, -0.05) is 30.3 Å². The van der Waals surface area contributed by atoms with E-state index >= 15 is 0 Å². The molecular weight excluding hydrogens is 354 g/mol. The van der Waals surface area contributed by atoms with Gasteiger partial charge in [-0.3, -0.25) is 9.59 Å². The fraction of sp³-hybridized carbons (Fsp3) is 0.333. The summed E-state index contributed by atoms with van der Waals surface area (Å²) in [5.41, 5.74) is 1.07. The highest BCUT2D eigenvalue weighted by molar-refractivity contribution is 7.88. The van der Waals surface area contributed by atoms with Crippen LogP contribution in [0, 0.1) is 6.92 Å². The van der Waals surface area contributed by atoms with Crippen LogP contribution in [-0.4, -0.2) is 54.7 Å². The Bertz CT molecular complexity index is 946. The summed E-state index contributed by atoms with van der Waals surface area (Å²) in [4.78, 5) is 28.6. The molecule has 1 aliphatic heterocycles. The van der Waals surface area contributed by atoms with Crippen molar-refractivity contribution in [3.8, 4) is 0 Å². The van der Waals surface area contributed by atoms with Crippen LogP contribution in [0.3, 0.4) is 0 Å². The van der Waals surface area contributed by atoms with Crippen LogP contribution in [-0.2, 0) is 15.8 Å². The van der Waals surface area contributed by atoms with Gasteiger partial charge in [0, 0.05) is 31.9 Å². The predicted molar refractivity (Wildman–Crippen MR) is 98.3 cm³/mol. The summed E-state index contributed by atoms with van der Waals surface area (Å²) in [7, 11) is -3.44. The maximum absolute atomic E-state index is 12.6. The van der Waals surface area contributed by atoms with Gasteiger partial charge in [0.2, 0.25) is 10.0 Å². The van der Waals surface area contributed by atoms with Crippen molar-refractivity contribution in [2.45, 2.75) is 12.7 Å². The van der Waals surface area contributed by atoms with Gasteiger partial charge in [-0.2, -0.15) is 4.31 Å². The van der Waals surface area contributed by atoms with Crippen LogP contribution in [0.1, 0.15) is 21.6 Å². The predicted octanol–water partition coefficient (Wildman–Crippen LogP) is 0.971. The summed E-state index contributed by atoms with van der Waals surface area (Å²) in [5, 5.41) is 0. The van der Waals surface area contributed by atoms with E-state index in [1.807, 2.05) is 6.07 Å². The van der Waals surface area contributed by atoms with Gasteiger partial charge in [0.05, 0.1) is 5.75 Å². The zero-order valence-corrected chi connectivity index (χ0v) is 15.3. The highest BCUT2D eigenvalue weighted by Gasteiger charge is 2.30. The van der Waals surface area contributed by atoms with Crippen molar-refractivity contribution in [1.29, 1.82) is 0 Å². The van der Waals surface area contributed by atoms with Crippen LogP contribution in [0.2, 0.25) is 0 Å². The smallest absolute Gasteiger partial charge is 0.260 e. The SMILES string of the molecule is Cc1ccc(C(=O)N2CCN(S(=O)(=O)Cc3ccccc3)CC2)c(=O)[nH]1. The minimum Gasteiger partial charge on any atom is -0.336 e. The van der Waals surface area contributed by atoms with Gasteiger partial charge in [0.15, 0.2) is 0 Å². The number of H-pyrrole nitrogens is 1. The fourth-order valence-electron chi connectivity index (χ4n) is 2.96. The third-order valence-corrected chi connectivity index (χ3v) is 6.25. The maximum atomic E-state index is 12.6. The Balaban J connectivity index is 1.65. The number of hydrogen-bond donors (Lipinski definition) is 1. The van der Waals surface area contributed by atoms with Gasteiger partial charge in [0.1, 0.15) is 5.56 Å². The van der Waals surface area contributed by atoms with Crippen molar-refractivity contribution in [3.63, 3.8) is 0 Å². The third kappa shape index (κ3) is 4.03. The summed E-state index contributed by atoms with van der Waals surface area (Å²) in [6, 6.07) is 12.2. The molecule has 0 saturated carbocycles. The monoisotopic (exact) mass is 375 g/mol. The molecule has 1 amide bonds. The first kappa shape index (κ1) is 18.3. The van der Waals surface area contributed by atoms with Crippen LogP contribution >= 0.6 is 0 Å². The van der Waals surface area contributed by atoms with E-state index in [9.17, 15) is 18.0 Å². The van der Waals surface area contributed by atoms with E-state index in [0.717, 1.165) is 5.56 Å². The molecule has 1 aromatic heterocycles. The number of sulfonamides is 1. The largest absolute Gasteiger partial charge is 0.336 e. The average Bonchev–Trinajstić information content (AvgIpc) is 2.62. The number of nitrogens with zero attached hydrogens (tertiary/aromatic N) is 2. The van der Waals surface area contributed by atoms with E-state index in [4.69, 9.17) is 0 Å². The van der Waals surface area contributed by atoms with Crippen LogP contribution in [0.15, 0.2) is 47.3 Å². The lowest BCUT2D eigenvalue weighted by molar-refractivity contribution is 0.0696. The molecule has 3 rings (SSSR count). The normalized spacial score (nSPS) is 15.8. The van der Waals surface area contributed by atoms with Gasteiger partial charge in [-0.25, -0.2) is 8.42 Å². The zero-order valence-electron chi connectivity index (χ0n) is 14.5. The standard InChI is InChI=1S/C18H21N3O4S/c1-14-7-8-16(17(22)19-14)18(23)20-9-11-21(12-10-20)26(24,25)13-15-5-3-2-4-6-15/h2-8H,9-13H2,1H3,(H,19,22). The third-order valence-electron chi connectivity index (χ3n) is 4.40. The van der Waals surface area contributed by atoms with E-state index in [0.29, 0.717) is 5.69 Å². The minimum absolute atomic E-state index is 0.0561. The van der Waals surface area contributed by atoms with Crippen LogP contribution in [0.5, 0.6) is 0 Å². The minimum atomic E-state index is -3.44. The molecule has 7 nitrogen and oxygen atoms in total. The van der Waals surface area contributed by atoms with Crippen molar-refractivity contribution in [3.05, 3.63) is 69.6 Å². The number of aromatic amines is 1. The molecule has 1 N–H and O–H groups in total. The molecule has 2 heterocycles. The van der Waals surface area contributed by atoms with Crippen molar-refractivity contribution in [1.82, 2.24) is 14.2 Å². The molecule has 0 unspecified atom stereocenters. The Morgan fingerprint density at radius 1 is 1.04 bits per heavy atom. The molecule has 0 aliphatic carbocycles. The second-order valence-electron chi connectivity index (χ2n) is 6.32. The molecule has 0 bridgehead atoms. The lowest BCUT2D eigenvalue weighted by atomic mass is 10.2. The van der Waals surface area contributed by atoms with Crippen molar-refractivity contribution < 1.29 is 13.2 Å². The van der Waals surface area contributed by atoms with Gasteiger partial charge in [-0.15, -0.1) is 0 Å². The number of piperazine rings is 1. The molecule has 0 spiro atoms. The number of rotatable bonds is 4. The van der Waals surface area contributed by atoms with E-state index in [-0.39, 0.29) is 43.4 Å². The number of carbonyl (C=O) groups is 1. The Labute approximate surface area is 152 Å². The molecule has 1 fully saturated rings. The number of aryl methyl sites for hydroxylation is 1. The van der Waals surface area contributed by atoms with E-state index in [1.54, 1.807) is 37.3 Å². The van der Waals surface area contributed by atoms with Gasteiger partial charge in [-0.05, 0) is 24.6 Å². The number of carbonyl (C=O) groups excluding carboxylic acids is 1. The van der Waals surface area contributed by atoms with E-state index in [2.05, 4.69) is 4.98 Å². The average molecular weight is 375 g/mol. The number of aromatic nitrogens is 1. The van der Waals surface area contributed by atoms with Crippen LogP contribution < -0.4 is 5.56 Å². The highest BCUT2D eigenvalue weighted by atomic mass is 32.2. The number of amides is 1. The van der Waals surface area contributed by atoms with E-state index < -0.39 is 15.6 Å². The van der Waals surface area contributed by atoms with Crippen LogP contribution in [0.4, 0.5) is 0 Å². The summed E-state index contributed by atoms with van der Waals surface area (Å²) in [5.74, 6) is -0.425. The molecule has 1 aromatic carbocycles. The molecule has 1 saturated heterocycles. The topological polar surface area (TPSA) is 90.6 Å². The summed E-state index contributed by atoms with van der Waals surface area (Å²) in [6.07, 6.45) is 0. The van der Waals surface area contributed by atoms with Gasteiger partial charge in [0.25, 0.3) is 11.5 Å². The first-order valence-electron chi connectivity index (χ1n) is 8.38. The zero-order chi connectivity index (χ0) is 18.7. The number of pyridine rings is 1. The highest BCUT2D eigenvalue weighted by Crippen LogP contribution is 2.14. The quantitative estimate of drug-likeness (QED) is 0.862. The first-order valence-corrected chi connectivity index (χ1v) is 9.99. The lowest BCUT2D eigenvalue weighted by Crippen LogP contribution is -2.51. The van der Waals surface area contributed by atoms with Crippen molar-refractivity contribution in [2.24, 2.45) is 0 Å². The maximum Gasteiger partial charge on any atom is 0.260 e. The Hall–Kier alpha value is -2.45. The molecule has 1 aliphatic rings. The molecule has 0 atom stereocenters. The van der Waals surface area contributed by atoms with Crippen molar-refractivity contribution >= 4 is 15.9 Å². The number of benzene rings is 1. The number of nitrogens with one attached hydrogen (secondary N) is 1. The molecule has 26 heavy (non-hydrogen) atoms. The number of hydrogen-bond acceptors (Lipinski definition) is 4.